The number of aromatic nitrogens is 1. The van der Waals surface area contributed by atoms with Crippen LogP contribution in [0.5, 0.6) is 0 Å². The van der Waals surface area contributed by atoms with Gasteiger partial charge in [-0.05, 0) is 52.8 Å². The molecule has 0 amide bonds. The fourth-order valence-electron chi connectivity index (χ4n) is 1.91. The lowest BCUT2D eigenvalue weighted by molar-refractivity contribution is 0.330. The molecule has 1 aromatic carbocycles. The van der Waals surface area contributed by atoms with Gasteiger partial charge in [-0.25, -0.2) is 0 Å². The van der Waals surface area contributed by atoms with E-state index in [9.17, 15) is 0 Å². The zero-order chi connectivity index (χ0) is 13.7. The summed E-state index contributed by atoms with van der Waals surface area (Å²) in [5.74, 6) is 0. The Kier molecular flexibility index (Phi) is 4.93. The molecule has 100 valence electrons. The van der Waals surface area contributed by atoms with Crippen molar-refractivity contribution >= 4 is 21.6 Å². The van der Waals surface area contributed by atoms with Crippen molar-refractivity contribution in [2.45, 2.75) is 13.0 Å². The van der Waals surface area contributed by atoms with Crippen molar-refractivity contribution in [1.29, 1.82) is 0 Å². The van der Waals surface area contributed by atoms with E-state index in [4.69, 9.17) is 5.73 Å². The van der Waals surface area contributed by atoms with Gasteiger partial charge in [-0.2, -0.15) is 0 Å². The van der Waals surface area contributed by atoms with Crippen molar-refractivity contribution in [1.82, 2.24) is 9.88 Å². The summed E-state index contributed by atoms with van der Waals surface area (Å²) in [4.78, 5) is 6.62. The number of pyridine rings is 1. The van der Waals surface area contributed by atoms with Gasteiger partial charge in [0.25, 0.3) is 0 Å². The van der Waals surface area contributed by atoms with Crippen LogP contribution in [-0.4, -0.2) is 23.5 Å². The maximum absolute atomic E-state index is 5.79. The average Bonchev–Trinajstić information content (AvgIpc) is 2.42. The van der Waals surface area contributed by atoms with Gasteiger partial charge in [-0.15, -0.1) is 0 Å². The lowest BCUT2D eigenvalue weighted by Crippen LogP contribution is -2.21. The maximum Gasteiger partial charge on any atom is 0.0458 e. The molecule has 0 spiro atoms. The normalized spacial score (nSPS) is 10.9. The highest BCUT2D eigenvalue weighted by molar-refractivity contribution is 9.10. The maximum atomic E-state index is 5.79. The molecule has 0 aliphatic heterocycles. The number of nitrogens with two attached hydrogens (primary N) is 1. The monoisotopic (exact) mass is 319 g/mol. The highest BCUT2D eigenvalue weighted by atomic mass is 79.9. The van der Waals surface area contributed by atoms with Gasteiger partial charge in [-0.3, -0.25) is 4.98 Å². The molecule has 0 aliphatic rings. The molecule has 0 fully saturated rings. The van der Waals surface area contributed by atoms with E-state index in [0.717, 1.165) is 35.4 Å². The molecule has 0 saturated heterocycles. The fraction of sp³-hybridized carbons (Fsp3) is 0.267. The second-order valence-corrected chi connectivity index (χ2v) is 5.52. The zero-order valence-electron chi connectivity index (χ0n) is 11.0. The molecule has 0 radical (unpaired) electrons. The topological polar surface area (TPSA) is 42.2 Å². The van der Waals surface area contributed by atoms with Crippen LogP contribution < -0.4 is 5.73 Å². The molecule has 0 atom stereocenters. The summed E-state index contributed by atoms with van der Waals surface area (Å²) in [6, 6.07) is 12.1. The number of nitrogens with zero attached hydrogens (tertiary/aromatic N) is 2. The van der Waals surface area contributed by atoms with E-state index in [-0.39, 0.29) is 0 Å². The molecule has 19 heavy (non-hydrogen) atoms. The first-order valence-corrected chi connectivity index (χ1v) is 7.07. The molecular formula is C15H18BrN3. The van der Waals surface area contributed by atoms with E-state index >= 15 is 0 Å². The molecule has 1 aromatic heterocycles. The van der Waals surface area contributed by atoms with E-state index < -0.39 is 0 Å². The summed E-state index contributed by atoms with van der Waals surface area (Å²) in [6.07, 6.45) is 2.81. The Hall–Kier alpha value is -1.39. The van der Waals surface area contributed by atoms with Crippen molar-refractivity contribution in [3.63, 3.8) is 0 Å². The minimum atomic E-state index is 0.778. The number of hydrogen-bond donors (Lipinski definition) is 1. The van der Waals surface area contributed by atoms with E-state index in [1.807, 2.05) is 24.4 Å². The molecule has 0 aliphatic carbocycles. The van der Waals surface area contributed by atoms with Crippen LogP contribution in [0.4, 0.5) is 5.69 Å². The van der Waals surface area contributed by atoms with Crippen LogP contribution >= 0.6 is 15.9 Å². The first-order valence-electron chi connectivity index (χ1n) is 6.27. The highest BCUT2D eigenvalue weighted by Gasteiger charge is 2.03. The molecule has 0 unspecified atom stereocenters. The third-order valence-electron chi connectivity index (χ3n) is 2.99. The van der Waals surface area contributed by atoms with Crippen LogP contribution in [0.1, 0.15) is 11.3 Å². The lowest BCUT2D eigenvalue weighted by Gasteiger charge is -2.16. The van der Waals surface area contributed by atoms with Gasteiger partial charge in [-0.1, -0.05) is 12.1 Å². The second-order valence-electron chi connectivity index (χ2n) is 4.66. The third kappa shape index (κ3) is 4.33. The first kappa shape index (κ1) is 14.0. The lowest BCUT2D eigenvalue weighted by atomic mass is 10.2. The van der Waals surface area contributed by atoms with Crippen LogP contribution in [-0.2, 0) is 13.0 Å². The van der Waals surface area contributed by atoms with Crippen molar-refractivity contribution in [2.24, 2.45) is 0 Å². The Morgan fingerprint density at radius 1 is 1.26 bits per heavy atom. The Morgan fingerprint density at radius 2 is 2.11 bits per heavy atom. The molecule has 2 aromatic rings. The predicted molar refractivity (Wildman–Crippen MR) is 82.8 cm³/mol. The second kappa shape index (κ2) is 6.68. The Labute approximate surface area is 122 Å². The van der Waals surface area contributed by atoms with Gasteiger partial charge in [0.05, 0.1) is 0 Å². The quantitative estimate of drug-likeness (QED) is 0.861. The van der Waals surface area contributed by atoms with Crippen LogP contribution in [0.2, 0.25) is 0 Å². The summed E-state index contributed by atoms with van der Waals surface area (Å²) in [5, 5.41) is 0. The summed E-state index contributed by atoms with van der Waals surface area (Å²) >= 11 is 3.46. The van der Waals surface area contributed by atoms with Crippen molar-refractivity contribution < 1.29 is 0 Å². The van der Waals surface area contributed by atoms with E-state index in [2.05, 4.69) is 51.1 Å². The van der Waals surface area contributed by atoms with Crippen molar-refractivity contribution in [3.05, 3.63) is 58.3 Å². The van der Waals surface area contributed by atoms with Gasteiger partial charge in [0.15, 0.2) is 0 Å². The molecule has 2 N–H and O–H groups in total. The third-order valence-corrected chi connectivity index (χ3v) is 3.68. The smallest absolute Gasteiger partial charge is 0.0458 e. The van der Waals surface area contributed by atoms with Crippen LogP contribution in [0.15, 0.2) is 47.1 Å². The van der Waals surface area contributed by atoms with Crippen molar-refractivity contribution in [2.75, 3.05) is 19.3 Å². The number of anilines is 1. The average molecular weight is 320 g/mol. The molecule has 1 heterocycles. The summed E-state index contributed by atoms with van der Waals surface area (Å²) in [5.41, 5.74) is 8.95. The zero-order valence-corrected chi connectivity index (χ0v) is 12.6. The van der Waals surface area contributed by atoms with Crippen LogP contribution in [0.25, 0.3) is 0 Å². The minimum Gasteiger partial charge on any atom is -0.398 e. The van der Waals surface area contributed by atoms with E-state index in [1.54, 1.807) is 0 Å². The number of halogens is 1. The standard InChI is InChI=1S/C15H18BrN3/c1-19(9-7-13-4-2-3-8-18-13)11-12-5-6-15(17)14(16)10-12/h2-6,8,10H,7,9,11,17H2,1H3. The Bertz CT molecular complexity index is 528. The van der Waals surface area contributed by atoms with Gasteiger partial charge in [0.2, 0.25) is 0 Å². The predicted octanol–water partition coefficient (Wildman–Crippen LogP) is 3.10. The fourth-order valence-corrected chi connectivity index (χ4v) is 2.34. The molecule has 0 bridgehead atoms. The number of nitrogen functional groups attached to an aromatic ring is 1. The first-order chi connectivity index (χ1) is 9.15. The molecular weight excluding hydrogens is 302 g/mol. The largest absolute Gasteiger partial charge is 0.398 e. The molecule has 4 heteroatoms. The summed E-state index contributed by atoms with van der Waals surface area (Å²) in [7, 11) is 2.12. The number of benzene rings is 1. The van der Waals surface area contributed by atoms with Gasteiger partial charge < -0.3 is 10.6 Å². The van der Waals surface area contributed by atoms with E-state index in [1.165, 1.54) is 5.56 Å². The minimum absolute atomic E-state index is 0.778. The molecule has 0 saturated carbocycles. The highest BCUT2D eigenvalue weighted by Crippen LogP contribution is 2.21. The Morgan fingerprint density at radius 3 is 2.79 bits per heavy atom. The van der Waals surface area contributed by atoms with Gasteiger partial charge in [0, 0.05) is 41.6 Å². The van der Waals surface area contributed by atoms with Crippen molar-refractivity contribution in [3.8, 4) is 0 Å². The number of likely N-dealkylation sites (N-methyl/N-ethyl adjacent to an activating group) is 1. The number of hydrogen-bond acceptors (Lipinski definition) is 3. The molecule has 3 nitrogen and oxygen atoms in total. The summed E-state index contributed by atoms with van der Waals surface area (Å²) in [6.45, 7) is 1.89. The number of rotatable bonds is 5. The molecule has 2 rings (SSSR count). The van der Waals surface area contributed by atoms with Gasteiger partial charge in [0.1, 0.15) is 0 Å². The van der Waals surface area contributed by atoms with Crippen LogP contribution in [0.3, 0.4) is 0 Å². The van der Waals surface area contributed by atoms with Crippen LogP contribution in [0, 0.1) is 0 Å². The van der Waals surface area contributed by atoms with E-state index in [0.29, 0.717) is 0 Å². The Balaban J connectivity index is 1.87. The SMILES string of the molecule is CN(CCc1ccccn1)Cc1ccc(N)c(Br)c1. The van der Waals surface area contributed by atoms with Gasteiger partial charge >= 0.3 is 0 Å². The summed E-state index contributed by atoms with van der Waals surface area (Å²) < 4.78 is 0.961.